The van der Waals surface area contributed by atoms with Crippen LogP contribution in [0.3, 0.4) is 0 Å². The van der Waals surface area contributed by atoms with Crippen molar-refractivity contribution >= 4 is 22.7 Å². The number of aromatic nitrogens is 5. The zero-order valence-electron chi connectivity index (χ0n) is 17.0. The third-order valence-corrected chi connectivity index (χ3v) is 5.51. The molecule has 3 aromatic rings. The molecule has 1 saturated carbocycles. The summed E-state index contributed by atoms with van der Waals surface area (Å²) in [6.07, 6.45) is 10.5. The van der Waals surface area contributed by atoms with Gasteiger partial charge in [0.15, 0.2) is 0 Å². The molecule has 1 aliphatic rings. The topological polar surface area (TPSA) is 122 Å². The first-order valence-corrected chi connectivity index (χ1v) is 9.99. The van der Waals surface area contributed by atoms with Crippen molar-refractivity contribution < 1.29 is 5.11 Å². The van der Waals surface area contributed by atoms with Gasteiger partial charge in [0.05, 0.1) is 29.7 Å². The molecule has 3 aromatic heterocycles. The monoisotopic (exact) mass is 407 g/mol. The largest absolute Gasteiger partial charge is 0.393 e. The molecule has 0 saturated heterocycles. The summed E-state index contributed by atoms with van der Waals surface area (Å²) in [5.74, 6) is 0. The molecular formula is C21H25N7O2. The number of nitrogens with zero attached hydrogens (tertiary/aromatic N) is 5. The lowest BCUT2D eigenvalue weighted by Gasteiger charge is -2.27. The molecule has 9 nitrogen and oxygen atoms in total. The number of rotatable bonds is 5. The minimum atomic E-state index is -0.395. The Balaban J connectivity index is 1.96. The SMILES string of the molecule is CN/C=C(\C=N)c1nc(-c2cnn(C)c2)cc2c(=O)n(C3CCCC(O)C3)cnc12. The van der Waals surface area contributed by atoms with Crippen molar-refractivity contribution in [1.29, 1.82) is 5.41 Å². The van der Waals surface area contributed by atoms with E-state index >= 15 is 0 Å². The highest BCUT2D eigenvalue weighted by atomic mass is 16.3. The van der Waals surface area contributed by atoms with Crippen molar-refractivity contribution in [2.45, 2.75) is 37.8 Å². The fraction of sp³-hybridized carbons (Fsp3) is 0.381. The predicted octanol–water partition coefficient (Wildman–Crippen LogP) is 1.88. The molecule has 4 rings (SSSR count). The molecule has 0 aromatic carbocycles. The first-order valence-electron chi connectivity index (χ1n) is 9.99. The van der Waals surface area contributed by atoms with Gasteiger partial charge in [-0.25, -0.2) is 9.97 Å². The lowest BCUT2D eigenvalue weighted by atomic mass is 9.93. The molecule has 1 fully saturated rings. The van der Waals surface area contributed by atoms with Gasteiger partial charge in [-0.3, -0.25) is 14.0 Å². The molecule has 3 heterocycles. The highest BCUT2D eigenvalue weighted by Crippen LogP contribution is 2.29. The molecule has 0 radical (unpaired) electrons. The van der Waals surface area contributed by atoms with E-state index in [4.69, 9.17) is 10.4 Å². The maximum absolute atomic E-state index is 13.4. The highest BCUT2D eigenvalue weighted by molar-refractivity contribution is 6.12. The molecule has 0 bridgehead atoms. The van der Waals surface area contributed by atoms with Gasteiger partial charge in [0.2, 0.25) is 0 Å². The van der Waals surface area contributed by atoms with Crippen LogP contribution in [0.2, 0.25) is 0 Å². The molecule has 2 atom stereocenters. The number of aryl methyl sites for hydroxylation is 1. The molecule has 9 heteroatoms. The Bertz CT molecular complexity index is 1180. The van der Waals surface area contributed by atoms with Gasteiger partial charge in [-0.15, -0.1) is 0 Å². The zero-order valence-corrected chi connectivity index (χ0v) is 17.0. The summed E-state index contributed by atoms with van der Waals surface area (Å²) in [4.78, 5) is 22.7. The minimum absolute atomic E-state index is 0.0772. The number of hydrogen-bond donors (Lipinski definition) is 3. The van der Waals surface area contributed by atoms with E-state index in [0.717, 1.165) is 24.8 Å². The maximum Gasteiger partial charge on any atom is 0.261 e. The summed E-state index contributed by atoms with van der Waals surface area (Å²) in [7, 11) is 3.56. The van der Waals surface area contributed by atoms with E-state index in [-0.39, 0.29) is 11.6 Å². The van der Waals surface area contributed by atoms with E-state index in [1.807, 2.05) is 13.2 Å². The quantitative estimate of drug-likeness (QED) is 0.555. The Hall–Kier alpha value is -3.33. The number of nitrogens with one attached hydrogen (secondary N) is 2. The summed E-state index contributed by atoms with van der Waals surface area (Å²) < 4.78 is 3.31. The van der Waals surface area contributed by atoms with Crippen LogP contribution in [0.25, 0.3) is 27.7 Å². The van der Waals surface area contributed by atoms with Crippen molar-refractivity contribution in [2.75, 3.05) is 7.05 Å². The molecule has 156 valence electrons. The van der Waals surface area contributed by atoms with Crippen molar-refractivity contribution in [3.8, 4) is 11.3 Å². The summed E-state index contributed by atoms with van der Waals surface area (Å²) in [5.41, 5.74) is 2.63. The van der Waals surface area contributed by atoms with Crippen LogP contribution in [0.15, 0.2) is 35.8 Å². The second kappa shape index (κ2) is 8.19. The Morgan fingerprint density at radius 2 is 2.23 bits per heavy atom. The highest BCUT2D eigenvalue weighted by Gasteiger charge is 2.24. The number of allylic oxidation sites excluding steroid dienone is 1. The van der Waals surface area contributed by atoms with E-state index in [2.05, 4.69) is 15.4 Å². The number of fused-ring (bicyclic) bond motifs is 1. The standard InChI is InChI=1S/C21H25N7O2/c1-23-9-13(8-22)19-20-17(7-18(26-19)14-10-25-27(2)11-14)21(30)28(12-24-20)15-4-3-5-16(29)6-15/h7-12,15-16,22-23,29H,3-6H2,1-2H3/b13-9+,22-8?. The van der Waals surface area contributed by atoms with Gasteiger partial charge in [-0.2, -0.15) is 5.10 Å². The summed E-state index contributed by atoms with van der Waals surface area (Å²) in [5, 5.41) is 25.4. The maximum atomic E-state index is 13.4. The van der Waals surface area contributed by atoms with Gasteiger partial charge in [0.25, 0.3) is 5.56 Å². The van der Waals surface area contributed by atoms with Crippen LogP contribution in [0, 0.1) is 5.41 Å². The van der Waals surface area contributed by atoms with Crippen LogP contribution in [0.1, 0.15) is 37.4 Å². The summed E-state index contributed by atoms with van der Waals surface area (Å²) in [6, 6.07) is 1.66. The third-order valence-electron chi connectivity index (χ3n) is 5.51. The van der Waals surface area contributed by atoms with Gasteiger partial charge >= 0.3 is 0 Å². The Kier molecular flexibility index (Phi) is 5.45. The van der Waals surface area contributed by atoms with Gasteiger partial charge in [0, 0.05) is 49.9 Å². The van der Waals surface area contributed by atoms with Crippen molar-refractivity contribution in [1.82, 2.24) is 29.6 Å². The van der Waals surface area contributed by atoms with Gasteiger partial charge < -0.3 is 15.8 Å². The van der Waals surface area contributed by atoms with Crippen molar-refractivity contribution in [3.63, 3.8) is 0 Å². The molecule has 0 spiro atoms. The summed E-state index contributed by atoms with van der Waals surface area (Å²) in [6.45, 7) is 0. The second-order valence-corrected chi connectivity index (χ2v) is 7.62. The second-order valence-electron chi connectivity index (χ2n) is 7.62. The molecule has 3 N–H and O–H groups in total. The lowest BCUT2D eigenvalue weighted by Crippen LogP contribution is -2.30. The number of hydrogen-bond acceptors (Lipinski definition) is 7. The number of aliphatic hydroxyl groups excluding tert-OH is 1. The molecule has 1 aliphatic carbocycles. The lowest BCUT2D eigenvalue weighted by molar-refractivity contribution is 0.103. The normalized spacial score (nSPS) is 19.8. The van der Waals surface area contributed by atoms with Gasteiger partial charge in [0.1, 0.15) is 11.2 Å². The fourth-order valence-corrected chi connectivity index (χ4v) is 4.03. The van der Waals surface area contributed by atoms with Crippen LogP contribution in [-0.4, -0.2) is 48.8 Å². The molecule has 30 heavy (non-hydrogen) atoms. The molecule has 0 aliphatic heterocycles. The zero-order chi connectivity index (χ0) is 21.3. The molecule has 2 unspecified atom stereocenters. The minimum Gasteiger partial charge on any atom is -0.393 e. The van der Waals surface area contributed by atoms with Gasteiger partial charge in [-0.1, -0.05) is 0 Å². The van der Waals surface area contributed by atoms with Crippen molar-refractivity contribution in [3.05, 3.63) is 47.0 Å². The number of aliphatic hydroxyl groups is 1. The van der Waals surface area contributed by atoms with Crippen LogP contribution in [-0.2, 0) is 7.05 Å². The Labute approximate surface area is 173 Å². The Morgan fingerprint density at radius 1 is 1.40 bits per heavy atom. The van der Waals surface area contributed by atoms with Gasteiger partial charge in [-0.05, 0) is 31.7 Å². The van der Waals surface area contributed by atoms with E-state index in [1.165, 1.54) is 6.21 Å². The smallest absolute Gasteiger partial charge is 0.261 e. The van der Waals surface area contributed by atoms with E-state index in [1.54, 1.807) is 41.1 Å². The van der Waals surface area contributed by atoms with Crippen molar-refractivity contribution in [2.24, 2.45) is 7.05 Å². The summed E-state index contributed by atoms with van der Waals surface area (Å²) >= 11 is 0. The first-order chi connectivity index (χ1) is 14.5. The average molecular weight is 407 g/mol. The molecular weight excluding hydrogens is 382 g/mol. The van der Waals surface area contributed by atoms with Crippen LogP contribution in [0.5, 0.6) is 0 Å². The average Bonchev–Trinajstić information content (AvgIpc) is 3.18. The Morgan fingerprint density at radius 3 is 2.90 bits per heavy atom. The van der Waals surface area contributed by atoms with E-state index in [0.29, 0.717) is 34.3 Å². The third kappa shape index (κ3) is 3.63. The van der Waals surface area contributed by atoms with Crippen LogP contribution in [0.4, 0.5) is 0 Å². The van der Waals surface area contributed by atoms with E-state index in [9.17, 15) is 9.90 Å². The first kappa shape index (κ1) is 20.0. The van der Waals surface area contributed by atoms with E-state index < -0.39 is 6.10 Å². The fourth-order valence-electron chi connectivity index (χ4n) is 4.03. The van der Waals surface area contributed by atoms with Crippen LogP contribution < -0.4 is 10.9 Å². The van der Waals surface area contributed by atoms with Crippen LogP contribution >= 0.6 is 0 Å². The predicted molar refractivity (Wildman–Crippen MR) is 115 cm³/mol. The molecule has 0 amide bonds. The number of pyridine rings is 1.